The SMILES string of the molecule is CC(C)N1C(=O)c2c(-c3noc(C4CC4)n3)ncn2C2C=CC=CC21. The van der Waals surface area contributed by atoms with Gasteiger partial charge in [-0.15, -0.1) is 0 Å². The molecular formula is C18H19N5O2. The van der Waals surface area contributed by atoms with Crippen molar-refractivity contribution in [1.29, 1.82) is 0 Å². The summed E-state index contributed by atoms with van der Waals surface area (Å²) in [4.78, 5) is 24.1. The molecule has 2 unspecified atom stereocenters. The molecule has 1 aliphatic heterocycles. The van der Waals surface area contributed by atoms with Crippen molar-refractivity contribution in [3.63, 3.8) is 0 Å². The van der Waals surface area contributed by atoms with Crippen LogP contribution in [-0.4, -0.2) is 42.6 Å². The molecule has 0 aromatic carbocycles. The molecule has 0 spiro atoms. The molecule has 1 fully saturated rings. The van der Waals surface area contributed by atoms with Crippen molar-refractivity contribution in [2.75, 3.05) is 0 Å². The Morgan fingerprint density at radius 2 is 1.96 bits per heavy atom. The standard InChI is InChI=1S/C18H19N5O2/c1-10(2)23-13-6-4-3-5-12(13)22-9-19-14(15(22)18(23)24)16-20-17(25-21-16)11-7-8-11/h3-6,9-13H,7-8H2,1-2H3. The molecule has 1 amide bonds. The summed E-state index contributed by atoms with van der Waals surface area (Å²) in [6.07, 6.45) is 12.1. The number of imidazole rings is 1. The van der Waals surface area contributed by atoms with Gasteiger partial charge in [0, 0.05) is 12.0 Å². The van der Waals surface area contributed by atoms with Crippen LogP contribution in [0.15, 0.2) is 35.2 Å². The molecule has 0 N–H and O–H groups in total. The smallest absolute Gasteiger partial charge is 0.273 e. The van der Waals surface area contributed by atoms with Crippen molar-refractivity contribution in [1.82, 2.24) is 24.6 Å². The van der Waals surface area contributed by atoms with E-state index in [9.17, 15) is 4.79 Å². The second-order valence-corrected chi connectivity index (χ2v) is 7.14. The van der Waals surface area contributed by atoms with E-state index >= 15 is 0 Å². The predicted octanol–water partition coefficient (Wildman–Crippen LogP) is 2.71. The lowest BCUT2D eigenvalue weighted by Gasteiger charge is -2.42. The first kappa shape index (κ1) is 14.6. The summed E-state index contributed by atoms with van der Waals surface area (Å²) in [7, 11) is 0. The quantitative estimate of drug-likeness (QED) is 0.860. The van der Waals surface area contributed by atoms with Crippen molar-refractivity contribution >= 4 is 5.91 Å². The minimum absolute atomic E-state index is 0.000608. The third-order valence-electron chi connectivity index (χ3n) is 5.09. The van der Waals surface area contributed by atoms with Crippen LogP contribution in [0.5, 0.6) is 0 Å². The highest BCUT2D eigenvalue weighted by molar-refractivity contribution is 5.99. The summed E-state index contributed by atoms with van der Waals surface area (Å²) in [5.74, 6) is 1.39. The number of hydrogen-bond acceptors (Lipinski definition) is 5. The van der Waals surface area contributed by atoms with Crippen LogP contribution in [-0.2, 0) is 0 Å². The fourth-order valence-corrected chi connectivity index (χ4v) is 3.72. The molecule has 7 heteroatoms. The summed E-state index contributed by atoms with van der Waals surface area (Å²) in [5, 5.41) is 4.07. The van der Waals surface area contributed by atoms with Crippen molar-refractivity contribution in [3.8, 4) is 11.5 Å². The first-order valence-corrected chi connectivity index (χ1v) is 8.73. The van der Waals surface area contributed by atoms with Gasteiger partial charge in [-0.05, 0) is 26.7 Å². The van der Waals surface area contributed by atoms with E-state index in [4.69, 9.17) is 4.52 Å². The third kappa shape index (κ3) is 2.11. The van der Waals surface area contributed by atoms with E-state index < -0.39 is 0 Å². The Morgan fingerprint density at radius 3 is 2.68 bits per heavy atom. The maximum Gasteiger partial charge on any atom is 0.273 e. The lowest BCUT2D eigenvalue weighted by atomic mass is 9.95. The average molecular weight is 337 g/mol. The van der Waals surface area contributed by atoms with Crippen LogP contribution in [0.3, 0.4) is 0 Å². The second-order valence-electron chi connectivity index (χ2n) is 7.14. The highest BCUT2D eigenvalue weighted by atomic mass is 16.5. The second kappa shape index (κ2) is 5.15. The van der Waals surface area contributed by atoms with Crippen LogP contribution in [0.25, 0.3) is 11.5 Å². The maximum absolute atomic E-state index is 13.2. The molecule has 2 atom stereocenters. The molecule has 3 aliphatic rings. The fourth-order valence-electron chi connectivity index (χ4n) is 3.72. The Morgan fingerprint density at radius 1 is 1.20 bits per heavy atom. The van der Waals surface area contributed by atoms with Gasteiger partial charge in [0.1, 0.15) is 11.4 Å². The van der Waals surface area contributed by atoms with Gasteiger partial charge in [-0.25, -0.2) is 4.98 Å². The van der Waals surface area contributed by atoms with Gasteiger partial charge in [-0.2, -0.15) is 4.98 Å². The van der Waals surface area contributed by atoms with Gasteiger partial charge in [0.25, 0.3) is 5.91 Å². The molecule has 0 radical (unpaired) electrons. The number of hydrogen-bond donors (Lipinski definition) is 0. The normalized spacial score (nSPS) is 24.8. The molecule has 2 aliphatic carbocycles. The fraction of sp³-hybridized carbons (Fsp3) is 0.444. The molecule has 3 heterocycles. The minimum Gasteiger partial charge on any atom is -0.339 e. The first-order chi connectivity index (χ1) is 12.1. The summed E-state index contributed by atoms with van der Waals surface area (Å²) >= 11 is 0. The van der Waals surface area contributed by atoms with Gasteiger partial charge in [0.15, 0.2) is 0 Å². The van der Waals surface area contributed by atoms with E-state index in [1.54, 1.807) is 6.33 Å². The Balaban J connectivity index is 1.63. The lowest BCUT2D eigenvalue weighted by Crippen LogP contribution is -2.52. The van der Waals surface area contributed by atoms with Crippen LogP contribution in [0.1, 0.15) is 55.0 Å². The van der Waals surface area contributed by atoms with E-state index in [0.29, 0.717) is 29.0 Å². The molecule has 25 heavy (non-hydrogen) atoms. The van der Waals surface area contributed by atoms with Crippen molar-refractivity contribution < 1.29 is 9.32 Å². The Labute approximate surface area is 145 Å². The summed E-state index contributed by atoms with van der Waals surface area (Å²) in [5.41, 5.74) is 1.05. The van der Waals surface area contributed by atoms with Gasteiger partial charge in [-0.1, -0.05) is 29.5 Å². The van der Waals surface area contributed by atoms with Gasteiger partial charge in [0.2, 0.25) is 11.7 Å². The molecule has 7 nitrogen and oxygen atoms in total. The molecule has 1 saturated carbocycles. The Hall–Kier alpha value is -2.70. The zero-order valence-corrected chi connectivity index (χ0v) is 14.2. The van der Waals surface area contributed by atoms with Crippen molar-refractivity contribution in [2.24, 2.45) is 0 Å². The highest BCUT2D eigenvalue weighted by Crippen LogP contribution is 2.40. The van der Waals surface area contributed by atoms with Crippen LogP contribution in [0, 0.1) is 0 Å². The highest BCUT2D eigenvalue weighted by Gasteiger charge is 2.42. The van der Waals surface area contributed by atoms with Gasteiger partial charge >= 0.3 is 0 Å². The van der Waals surface area contributed by atoms with E-state index in [1.165, 1.54) is 0 Å². The number of carbonyl (C=O) groups excluding carboxylic acids is 1. The van der Waals surface area contributed by atoms with Crippen molar-refractivity contribution in [3.05, 3.63) is 42.2 Å². The summed E-state index contributed by atoms with van der Waals surface area (Å²) < 4.78 is 7.30. The topological polar surface area (TPSA) is 77.1 Å². The van der Waals surface area contributed by atoms with Crippen LogP contribution in [0.4, 0.5) is 0 Å². The molecule has 5 rings (SSSR count). The predicted molar refractivity (Wildman–Crippen MR) is 89.9 cm³/mol. The molecule has 0 saturated heterocycles. The largest absolute Gasteiger partial charge is 0.339 e. The van der Waals surface area contributed by atoms with E-state index in [0.717, 1.165) is 12.8 Å². The Bertz CT molecular complexity index is 902. The molecule has 2 aromatic heterocycles. The van der Waals surface area contributed by atoms with E-state index in [2.05, 4.69) is 27.3 Å². The first-order valence-electron chi connectivity index (χ1n) is 8.73. The minimum atomic E-state index is -0.0403. The number of rotatable bonds is 3. The number of allylic oxidation sites excluding steroid dienone is 2. The number of nitrogens with zero attached hydrogens (tertiary/aromatic N) is 5. The van der Waals surface area contributed by atoms with E-state index in [1.807, 2.05) is 35.5 Å². The maximum atomic E-state index is 13.2. The Kier molecular flexibility index (Phi) is 3.01. The number of aromatic nitrogens is 4. The van der Waals surface area contributed by atoms with Crippen LogP contribution < -0.4 is 0 Å². The van der Waals surface area contributed by atoms with E-state index in [-0.39, 0.29) is 24.0 Å². The van der Waals surface area contributed by atoms with Gasteiger partial charge < -0.3 is 14.0 Å². The lowest BCUT2D eigenvalue weighted by molar-refractivity contribution is 0.0543. The molecule has 2 aromatic rings. The number of fused-ring (bicyclic) bond motifs is 3. The number of carbonyl (C=O) groups is 1. The summed E-state index contributed by atoms with van der Waals surface area (Å²) in [6, 6.07) is 0.121. The summed E-state index contributed by atoms with van der Waals surface area (Å²) in [6.45, 7) is 4.07. The third-order valence-corrected chi connectivity index (χ3v) is 5.09. The zero-order valence-electron chi connectivity index (χ0n) is 14.2. The van der Waals surface area contributed by atoms with Gasteiger partial charge in [-0.3, -0.25) is 4.79 Å². The molecule has 0 bridgehead atoms. The van der Waals surface area contributed by atoms with Crippen LogP contribution >= 0.6 is 0 Å². The molecule has 128 valence electrons. The average Bonchev–Trinajstić information content (AvgIpc) is 3.17. The number of amides is 1. The van der Waals surface area contributed by atoms with Crippen molar-refractivity contribution in [2.45, 2.75) is 50.7 Å². The van der Waals surface area contributed by atoms with Gasteiger partial charge in [0.05, 0.1) is 18.4 Å². The van der Waals surface area contributed by atoms with Crippen LogP contribution in [0.2, 0.25) is 0 Å². The molecular weight excluding hydrogens is 318 g/mol. The monoisotopic (exact) mass is 337 g/mol. The zero-order chi connectivity index (χ0) is 17.1.